The Kier molecular flexibility index (Phi) is 5.91. The number of carbonyl (C=O) groups excluding carboxylic acids is 1. The molecule has 1 aliphatic carbocycles. The Morgan fingerprint density at radius 2 is 2.14 bits per heavy atom. The third-order valence-electron chi connectivity index (χ3n) is 6.01. The first-order chi connectivity index (χ1) is 13.7. The molecule has 2 aromatic rings. The third-order valence-corrected chi connectivity index (χ3v) is 6.01. The highest BCUT2D eigenvalue weighted by molar-refractivity contribution is 5.82. The molecular formula is C23H29N3O2. The highest BCUT2D eigenvalue weighted by Crippen LogP contribution is 2.33. The Labute approximate surface area is 166 Å². The summed E-state index contributed by atoms with van der Waals surface area (Å²) in [6.45, 7) is 2.46. The molecule has 4 rings (SSSR count). The van der Waals surface area contributed by atoms with Gasteiger partial charge in [-0.3, -0.25) is 9.78 Å². The Morgan fingerprint density at radius 1 is 1.25 bits per heavy atom. The predicted octanol–water partition coefficient (Wildman–Crippen LogP) is 3.76. The normalized spacial score (nSPS) is 25.0. The van der Waals surface area contributed by atoms with Crippen molar-refractivity contribution in [3.8, 4) is 5.75 Å². The van der Waals surface area contributed by atoms with Gasteiger partial charge in [-0.2, -0.15) is 0 Å². The number of fused-ring (bicyclic) bond motifs is 1. The molecule has 0 radical (unpaired) electrons. The number of hydrogen-bond donors (Lipinski definition) is 2. The van der Waals surface area contributed by atoms with E-state index < -0.39 is 0 Å². The zero-order chi connectivity index (χ0) is 19.3. The third kappa shape index (κ3) is 4.53. The molecule has 2 N–H and O–H groups in total. The van der Waals surface area contributed by atoms with Crippen molar-refractivity contribution in [2.45, 2.75) is 63.8 Å². The van der Waals surface area contributed by atoms with Gasteiger partial charge in [-0.1, -0.05) is 31.0 Å². The van der Waals surface area contributed by atoms with Crippen LogP contribution in [0.15, 0.2) is 48.7 Å². The quantitative estimate of drug-likeness (QED) is 0.802. The van der Waals surface area contributed by atoms with Crippen LogP contribution >= 0.6 is 0 Å². The maximum Gasteiger partial charge on any atom is 0.237 e. The number of rotatable bonds is 6. The molecule has 28 heavy (non-hydrogen) atoms. The van der Waals surface area contributed by atoms with Crippen LogP contribution in [-0.4, -0.2) is 23.0 Å². The van der Waals surface area contributed by atoms with E-state index in [1.165, 1.54) is 25.7 Å². The van der Waals surface area contributed by atoms with Crippen molar-refractivity contribution in [3.63, 3.8) is 0 Å². The van der Waals surface area contributed by atoms with E-state index in [1.807, 2.05) is 49.4 Å². The highest BCUT2D eigenvalue weighted by atomic mass is 16.5. The van der Waals surface area contributed by atoms with Gasteiger partial charge in [0.25, 0.3) is 0 Å². The minimum Gasteiger partial charge on any atom is -0.487 e. The minimum atomic E-state index is -0.0599. The van der Waals surface area contributed by atoms with E-state index in [0.29, 0.717) is 18.6 Å². The number of ether oxygens (including phenoxy) is 1. The summed E-state index contributed by atoms with van der Waals surface area (Å²) >= 11 is 0. The van der Waals surface area contributed by atoms with Crippen LogP contribution in [0.4, 0.5) is 0 Å². The molecule has 1 saturated carbocycles. The van der Waals surface area contributed by atoms with Crippen LogP contribution in [0.25, 0.3) is 0 Å². The number of benzene rings is 1. The summed E-state index contributed by atoms with van der Waals surface area (Å²) in [6.07, 6.45) is 7.78. The van der Waals surface area contributed by atoms with Gasteiger partial charge in [0.15, 0.2) is 0 Å². The van der Waals surface area contributed by atoms with Gasteiger partial charge in [0.2, 0.25) is 5.91 Å². The first-order valence-corrected chi connectivity index (χ1v) is 10.4. The summed E-state index contributed by atoms with van der Waals surface area (Å²) in [5.41, 5.74) is 1.94. The lowest BCUT2D eigenvalue weighted by Crippen LogP contribution is -2.43. The van der Waals surface area contributed by atoms with E-state index in [4.69, 9.17) is 4.74 Å². The molecule has 1 aromatic heterocycles. The Hall–Kier alpha value is -2.40. The molecule has 2 aliphatic rings. The van der Waals surface area contributed by atoms with Crippen molar-refractivity contribution in [2.24, 2.45) is 5.92 Å². The second kappa shape index (κ2) is 8.74. The maximum absolute atomic E-state index is 12.8. The summed E-state index contributed by atoms with van der Waals surface area (Å²) < 4.78 is 5.86. The summed E-state index contributed by atoms with van der Waals surface area (Å²) in [5, 5.41) is 6.74. The lowest BCUT2D eigenvalue weighted by atomic mass is 9.85. The van der Waals surface area contributed by atoms with Gasteiger partial charge in [-0.15, -0.1) is 0 Å². The van der Waals surface area contributed by atoms with E-state index in [1.54, 1.807) is 6.20 Å². The van der Waals surface area contributed by atoms with Crippen LogP contribution in [0, 0.1) is 5.92 Å². The van der Waals surface area contributed by atoms with Gasteiger partial charge in [-0.05, 0) is 61.9 Å². The highest BCUT2D eigenvalue weighted by Gasteiger charge is 2.38. The van der Waals surface area contributed by atoms with Crippen LogP contribution in [-0.2, 0) is 11.4 Å². The van der Waals surface area contributed by atoms with Crippen LogP contribution < -0.4 is 15.4 Å². The molecule has 1 aromatic carbocycles. The van der Waals surface area contributed by atoms with E-state index in [9.17, 15) is 4.79 Å². The molecule has 4 unspecified atom stereocenters. The van der Waals surface area contributed by atoms with Crippen LogP contribution in [0.3, 0.4) is 0 Å². The van der Waals surface area contributed by atoms with E-state index >= 15 is 0 Å². The summed E-state index contributed by atoms with van der Waals surface area (Å²) in [6, 6.07) is 14.1. The standard InChI is InChI=1S/C23H29N3O2/c1-16(25-23(27)22-14-18-7-2-3-11-21(18)26-22)17-8-6-10-20(13-17)28-15-19-9-4-5-12-24-19/h4-6,8-10,12-13,16,18,21-22,26H,2-3,7,11,14-15H2,1H3,(H,25,27). The lowest BCUT2D eigenvalue weighted by molar-refractivity contribution is -0.123. The number of nitrogens with zero attached hydrogens (tertiary/aromatic N) is 1. The molecule has 0 bridgehead atoms. The van der Waals surface area contributed by atoms with E-state index in [0.717, 1.165) is 23.4 Å². The van der Waals surface area contributed by atoms with Gasteiger partial charge >= 0.3 is 0 Å². The van der Waals surface area contributed by atoms with Crippen LogP contribution in [0.5, 0.6) is 5.75 Å². The molecule has 148 valence electrons. The fourth-order valence-corrected chi connectivity index (χ4v) is 4.43. The molecule has 1 saturated heterocycles. The van der Waals surface area contributed by atoms with Crippen LogP contribution in [0.1, 0.15) is 56.3 Å². The molecule has 1 aliphatic heterocycles. The van der Waals surface area contributed by atoms with Crippen molar-refractivity contribution in [1.29, 1.82) is 0 Å². The predicted molar refractivity (Wildman–Crippen MR) is 109 cm³/mol. The molecule has 4 atom stereocenters. The fraction of sp³-hybridized carbons (Fsp3) is 0.478. The molecular weight excluding hydrogens is 350 g/mol. The van der Waals surface area contributed by atoms with Crippen molar-refractivity contribution < 1.29 is 9.53 Å². The fourth-order valence-electron chi connectivity index (χ4n) is 4.43. The Balaban J connectivity index is 1.33. The molecule has 1 amide bonds. The molecule has 2 heterocycles. The average molecular weight is 380 g/mol. The number of nitrogens with one attached hydrogen (secondary N) is 2. The number of carbonyl (C=O) groups is 1. The van der Waals surface area contributed by atoms with Gasteiger partial charge < -0.3 is 15.4 Å². The van der Waals surface area contributed by atoms with Gasteiger partial charge in [0.05, 0.1) is 17.8 Å². The summed E-state index contributed by atoms with van der Waals surface area (Å²) in [5.74, 6) is 1.57. The number of aromatic nitrogens is 1. The zero-order valence-electron chi connectivity index (χ0n) is 16.4. The largest absolute Gasteiger partial charge is 0.487 e. The van der Waals surface area contributed by atoms with E-state index in [-0.39, 0.29) is 18.0 Å². The number of hydrogen-bond acceptors (Lipinski definition) is 4. The van der Waals surface area contributed by atoms with Crippen molar-refractivity contribution >= 4 is 5.91 Å². The molecule has 5 heteroatoms. The topological polar surface area (TPSA) is 63.2 Å². The number of amides is 1. The van der Waals surface area contributed by atoms with Gasteiger partial charge in [0.1, 0.15) is 12.4 Å². The maximum atomic E-state index is 12.8. The second-order valence-electron chi connectivity index (χ2n) is 8.02. The second-order valence-corrected chi connectivity index (χ2v) is 8.02. The molecule has 0 spiro atoms. The Morgan fingerprint density at radius 3 is 2.96 bits per heavy atom. The van der Waals surface area contributed by atoms with Gasteiger partial charge in [-0.25, -0.2) is 0 Å². The summed E-state index contributed by atoms with van der Waals surface area (Å²) in [7, 11) is 0. The van der Waals surface area contributed by atoms with E-state index in [2.05, 4.69) is 15.6 Å². The van der Waals surface area contributed by atoms with Crippen molar-refractivity contribution in [2.75, 3.05) is 0 Å². The van der Waals surface area contributed by atoms with Crippen molar-refractivity contribution in [1.82, 2.24) is 15.6 Å². The van der Waals surface area contributed by atoms with Crippen LogP contribution in [0.2, 0.25) is 0 Å². The first kappa shape index (κ1) is 18.9. The first-order valence-electron chi connectivity index (χ1n) is 10.4. The molecule has 2 fully saturated rings. The Bertz CT molecular complexity index is 781. The average Bonchev–Trinajstić information content (AvgIpc) is 3.18. The monoisotopic (exact) mass is 379 g/mol. The molecule has 5 nitrogen and oxygen atoms in total. The summed E-state index contributed by atoms with van der Waals surface area (Å²) in [4.78, 5) is 17.0. The minimum absolute atomic E-state index is 0.0564. The smallest absolute Gasteiger partial charge is 0.237 e. The SMILES string of the molecule is CC(NC(=O)C1CC2CCCCC2N1)c1cccc(OCc2ccccn2)c1. The lowest BCUT2D eigenvalue weighted by Gasteiger charge is -2.24. The number of pyridine rings is 1. The zero-order valence-corrected chi connectivity index (χ0v) is 16.4. The van der Waals surface area contributed by atoms with Crippen molar-refractivity contribution in [3.05, 3.63) is 59.9 Å². The van der Waals surface area contributed by atoms with Gasteiger partial charge in [0, 0.05) is 12.2 Å².